The topological polar surface area (TPSA) is 102 Å². The third-order valence-corrected chi connectivity index (χ3v) is 6.13. The van der Waals surface area contributed by atoms with Crippen molar-refractivity contribution in [2.75, 3.05) is 35.8 Å². The molecule has 1 fully saturated rings. The second kappa shape index (κ2) is 7.42. The second-order valence-corrected chi connectivity index (χ2v) is 8.04. The number of aromatic nitrogens is 2. The van der Waals surface area contributed by atoms with Crippen LogP contribution in [0.2, 0.25) is 0 Å². The Balaban J connectivity index is 1.46. The number of nitriles is 1. The summed E-state index contributed by atoms with van der Waals surface area (Å²) in [5, 5.41) is 10.2. The summed E-state index contributed by atoms with van der Waals surface area (Å²) in [4.78, 5) is 10.6. The molecule has 0 saturated carbocycles. The van der Waals surface area contributed by atoms with Gasteiger partial charge in [0.25, 0.3) is 0 Å². The van der Waals surface area contributed by atoms with Crippen molar-refractivity contribution in [2.24, 2.45) is 0 Å². The van der Waals surface area contributed by atoms with Gasteiger partial charge in [0.05, 0.1) is 11.1 Å². The van der Waals surface area contributed by atoms with Gasteiger partial charge in [-0.25, -0.2) is 9.97 Å². The monoisotopic (exact) mass is 394 g/mol. The van der Waals surface area contributed by atoms with Crippen LogP contribution in [0.15, 0.2) is 54.7 Å². The summed E-state index contributed by atoms with van der Waals surface area (Å²) in [6.45, 7) is 1.50. The Kier molecular flexibility index (Phi) is 4.81. The lowest BCUT2D eigenvalue weighted by atomic mass is 10.2. The molecule has 9 heteroatoms. The van der Waals surface area contributed by atoms with E-state index in [9.17, 15) is 13.7 Å². The molecule has 0 aliphatic carbocycles. The van der Waals surface area contributed by atoms with E-state index in [0.717, 1.165) is 10.9 Å². The van der Waals surface area contributed by atoms with Crippen molar-refractivity contribution in [2.45, 2.75) is 0 Å². The molecule has 3 aromatic rings. The summed E-state index contributed by atoms with van der Waals surface area (Å²) >= 11 is 0. The quantitative estimate of drug-likeness (QED) is 0.726. The molecule has 0 spiro atoms. The number of hydrogen-bond donors (Lipinski definition) is 1. The van der Waals surface area contributed by atoms with Gasteiger partial charge in [-0.3, -0.25) is 4.72 Å². The van der Waals surface area contributed by atoms with Gasteiger partial charge in [0.15, 0.2) is 0 Å². The smallest absolute Gasteiger partial charge is 0.302 e. The van der Waals surface area contributed by atoms with E-state index in [2.05, 4.69) is 20.8 Å². The SMILES string of the molecule is N#Cc1cccnc1N1CCN(S(=O)(=O)Nc2ccc3ccccc3n2)CC1. The maximum atomic E-state index is 12.7. The fraction of sp³-hybridized carbons (Fsp3) is 0.211. The minimum absolute atomic E-state index is 0.289. The van der Waals surface area contributed by atoms with E-state index in [1.165, 1.54) is 4.31 Å². The molecular formula is C19H18N6O2S. The van der Waals surface area contributed by atoms with Gasteiger partial charge in [0.1, 0.15) is 17.7 Å². The zero-order chi connectivity index (χ0) is 19.6. The molecule has 0 amide bonds. The highest BCUT2D eigenvalue weighted by atomic mass is 32.2. The molecule has 1 aliphatic heterocycles. The molecule has 2 aromatic heterocycles. The minimum Gasteiger partial charge on any atom is -0.353 e. The first-order chi connectivity index (χ1) is 13.6. The number of rotatable bonds is 4. The van der Waals surface area contributed by atoms with Gasteiger partial charge in [-0.1, -0.05) is 18.2 Å². The minimum atomic E-state index is -3.72. The van der Waals surface area contributed by atoms with Crippen LogP contribution in [0, 0.1) is 11.3 Å². The lowest BCUT2D eigenvalue weighted by Crippen LogP contribution is -2.50. The number of piperazine rings is 1. The third-order valence-electron chi connectivity index (χ3n) is 4.62. The number of fused-ring (bicyclic) bond motifs is 1. The van der Waals surface area contributed by atoms with E-state index < -0.39 is 10.2 Å². The van der Waals surface area contributed by atoms with Crippen LogP contribution in [0.3, 0.4) is 0 Å². The summed E-state index contributed by atoms with van der Waals surface area (Å²) in [6, 6.07) is 16.6. The van der Waals surface area contributed by atoms with Gasteiger partial charge in [0, 0.05) is 37.8 Å². The first kappa shape index (κ1) is 18.2. The van der Waals surface area contributed by atoms with Crippen LogP contribution in [-0.4, -0.2) is 48.9 Å². The van der Waals surface area contributed by atoms with Crippen molar-refractivity contribution < 1.29 is 8.42 Å². The number of nitrogens with zero attached hydrogens (tertiary/aromatic N) is 5. The van der Waals surface area contributed by atoms with Crippen LogP contribution in [0.25, 0.3) is 10.9 Å². The summed E-state index contributed by atoms with van der Waals surface area (Å²) in [7, 11) is -3.72. The molecule has 0 radical (unpaired) electrons. The van der Waals surface area contributed by atoms with Gasteiger partial charge in [0.2, 0.25) is 0 Å². The summed E-state index contributed by atoms with van der Waals surface area (Å²) < 4.78 is 29.4. The Morgan fingerprint density at radius 3 is 2.57 bits per heavy atom. The average molecular weight is 394 g/mol. The highest BCUT2D eigenvalue weighted by Crippen LogP contribution is 2.20. The molecule has 1 N–H and O–H groups in total. The molecule has 1 aliphatic rings. The van der Waals surface area contributed by atoms with E-state index in [1.54, 1.807) is 24.4 Å². The molecule has 3 heterocycles. The Bertz CT molecular complexity index is 1150. The Morgan fingerprint density at radius 1 is 1.00 bits per heavy atom. The normalized spacial score (nSPS) is 15.3. The zero-order valence-electron chi connectivity index (χ0n) is 15.0. The molecule has 142 valence electrons. The number of hydrogen-bond acceptors (Lipinski definition) is 6. The molecule has 28 heavy (non-hydrogen) atoms. The fourth-order valence-corrected chi connectivity index (χ4v) is 4.35. The molecular weight excluding hydrogens is 376 g/mol. The molecule has 4 rings (SSSR count). The maximum absolute atomic E-state index is 12.7. The van der Waals surface area contributed by atoms with Crippen LogP contribution < -0.4 is 9.62 Å². The Hall–Kier alpha value is -3.22. The number of anilines is 2. The van der Waals surface area contributed by atoms with Crippen molar-refractivity contribution in [1.82, 2.24) is 14.3 Å². The predicted octanol–water partition coefficient (Wildman–Crippen LogP) is 1.98. The molecule has 8 nitrogen and oxygen atoms in total. The van der Waals surface area contributed by atoms with Gasteiger partial charge in [-0.2, -0.15) is 18.0 Å². The Morgan fingerprint density at radius 2 is 1.79 bits per heavy atom. The van der Waals surface area contributed by atoms with Gasteiger partial charge in [-0.15, -0.1) is 0 Å². The van der Waals surface area contributed by atoms with Gasteiger partial charge < -0.3 is 4.90 Å². The molecule has 0 unspecified atom stereocenters. The van der Waals surface area contributed by atoms with Crippen LogP contribution >= 0.6 is 0 Å². The molecule has 1 saturated heterocycles. The Labute approximate surface area is 163 Å². The maximum Gasteiger partial charge on any atom is 0.302 e. The van der Waals surface area contributed by atoms with E-state index in [4.69, 9.17) is 0 Å². The van der Waals surface area contributed by atoms with Crippen molar-refractivity contribution in [3.8, 4) is 6.07 Å². The van der Waals surface area contributed by atoms with Crippen molar-refractivity contribution in [3.63, 3.8) is 0 Å². The highest BCUT2D eigenvalue weighted by Gasteiger charge is 2.28. The highest BCUT2D eigenvalue weighted by molar-refractivity contribution is 7.90. The van der Waals surface area contributed by atoms with Gasteiger partial charge >= 0.3 is 10.2 Å². The van der Waals surface area contributed by atoms with Gasteiger partial charge in [-0.05, 0) is 30.3 Å². The van der Waals surface area contributed by atoms with Crippen LogP contribution in [0.4, 0.5) is 11.6 Å². The number of benzene rings is 1. The van der Waals surface area contributed by atoms with Crippen molar-refractivity contribution in [1.29, 1.82) is 5.26 Å². The number of para-hydroxylation sites is 1. The van der Waals surface area contributed by atoms with E-state index in [0.29, 0.717) is 37.6 Å². The largest absolute Gasteiger partial charge is 0.353 e. The fourth-order valence-electron chi connectivity index (χ4n) is 3.20. The molecule has 0 atom stereocenters. The first-order valence-electron chi connectivity index (χ1n) is 8.80. The summed E-state index contributed by atoms with van der Waals surface area (Å²) in [6.07, 6.45) is 1.63. The van der Waals surface area contributed by atoms with E-state index >= 15 is 0 Å². The predicted molar refractivity (Wildman–Crippen MR) is 107 cm³/mol. The van der Waals surface area contributed by atoms with E-state index in [1.807, 2.05) is 35.2 Å². The van der Waals surface area contributed by atoms with Crippen molar-refractivity contribution >= 4 is 32.7 Å². The second-order valence-electron chi connectivity index (χ2n) is 6.37. The average Bonchev–Trinajstić information content (AvgIpc) is 2.73. The number of pyridine rings is 2. The van der Waals surface area contributed by atoms with Crippen LogP contribution in [-0.2, 0) is 10.2 Å². The first-order valence-corrected chi connectivity index (χ1v) is 10.2. The molecule has 1 aromatic carbocycles. The standard InChI is InChI=1S/C19H18N6O2S/c20-14-16-5-3-9-21-19(16)24-10-12-25(13-11-24)28(26,27)23-18-8-7-15-4-1-2-6-17(15)22-18/h1-9H,10-13H2,(H,22,23). The number of nitrogens with one attached hydrogen (secondary N) is 1. The lowest BCUT2D eigenvalue weighted by molar-refractivity contribution is 0.386. The van der Waals surface area contributed by atoms with E-state index in [-0.39, 0.29) is 5.82 Å². The zero-order valence-corrected chi connectivity index (χ0v) is 15.8. The van der Waals surface area contributed by atoms with Crippen LogP contribution in [0.5, 0.6) is 0 Å². The van der Waals surface area contributed by atoms with Crippen molar-refractivity contribution in [3.05, 3.63) is 60.3 Å². The molecule has 0 bridgehead atoms. The van der Waals surface area contributed by atoms with Crippen LogP contribution in [0.1, 0.15) is 5.56 Å². The summed E-state index contributed by atoms with van der Waals surface area (Å²) in [5.74, 6) is 0.879. The lowest BCUT2D eigenvalue weighted by Gasteiger charge is -2.34. The third kappa shape index (κ3) is 3.60. The summed E-state index contributed by atoms with van der Waals surface area (Å²) in [5.41, 5.74) is 1.21.